The molecule has 152 valence electrons. The Labute approximate surface area is 171 Å². The first-order chi connectivity index (χ1) is 13.7. The van der Waals surface area contributed by atoms with E-state index in [4.69, 9.17) is 0 Å². The Bertz CT molecular complexity index is 915. The number of amides is 3. The van der Waals surface area contributed by atoms with E-state index in [1.807, 2.05) is 45.9 Å². The third kappa shape index (κ3) is 5.02. The Hall–Kier alpha value is -3.15. The number of hydrogen-bond donors (Lipinski definition) is 2. The summed E-state index contributed by atoms with van der Waals surface area (Å²) < 4.78 is 0. The molecule has 1 aliphatic rings. The molecule has 3 rings (SSSR count). The highest BCUT2D eigenvalue weighted by atomic mass is 16.2. The van der Waals surface area contributed by atoms with Crippen LogP contribution in [0.25, 0.3) is 0 Å². The molecule has 1 heterocycles. The van der Waals surface area contributed by atoms with Gasteiger partial charge in [-0.05, 0) is 75.2 Å². The van der Waals surface area contributed by atoms with Crippen molar-refractivity contribution in [2.45, 2.75) is 40.2 Å². The van der Waals surface area contributed by atoms with Crippen LogP contribution in [0.1, 0.15) is 41.8 Å². The summed E-state index contributed by atoms with van der Waals surface area (Å²) in [4.78, 5) is 38.7. The highest BCUT2D eigenvalue weighted by molar-refractivity contribution is 6.05. The second-order valence-electron chi connectivity index (χ2n) is 7.94. The van der Waals surface area contributed by atoms with Gasteiger partial charge in [0.15, 0.2) is 0 Å². The topological polar surface area (TPSA) is 78.5 Å². The van der Waals surface area contributed by atoms with Crippen molar-refractivity contribution in [3.8, 4) is 0 Å². The maximum atomic E-state index is 12.5. The van der Waals surface area contributed by atoms with Crippen molar-refractivity contribution < 1.29 is 14.4 Å². The number of benzene rings is 2. The molecule has 2 N–H and O–H groups in total. The molecule has 0 unspecified atom stereocenters. The number of nitrogens with one attached hydrogen (secondary N) is 2. The van der Waals surface area contributed by atoms with Gasteiger partial charge in [0.25, 0.3) is 5.91 Å². The standard InChI is InChI=1S/C23H27N3O3/c1-14(2)26-13-18(12-21(26)27)23(29)24-19-7-5-17(6-8-19)22(28)25-20-10-15(3)9-16(4)11-20/h5-11,14,18H,12-13H2,1-4H3,(H,24,29)(H,25,28)/t18-/m0/s1. The third-order valence-corrected chi connectivity index (χ3v) is 5.05. The summed E-state index contributed by atoms with van der Waals surface area (Å²) in [5.41, 5.74) is 4.03. The van der Waals surface area contributed by atoms with Gasteiger partial charge in [-0.15, -0.1) is 0 Å². The van der Waals surface area contributed by atoms with Gasteiger partial charge in [0, 0.05) is 35.9 Å². The Morgan fingerprint density at radius 2 is 1.59 bits per heavy atom. The lowest BCUT2D eigenvalue weighted by molar-refractivity contribution is -0.129. The second-order valence-corrected chi connectivity index (χ2v) is 7.94. The number of anilines is 2. The Kier molecular flexibility index (Phi) is 6.01. The summed E-state index contributed by atoms with van der Waals surface area (Å²) in [6.45, 7) is 8.30. The average Bonchev–Trinajstić information content (AvgIpc) is 3.03. The van der Waals surface area contributed by atoms with Crippen molar-refractivity contribution >= 4 is 29.1 Å². The second kappa shape index (κ2) is 8.47. The van der Waals surface area contributed by atoms with Gasteiger partial charge >= 0.3 is 0 Å². The molecule has 2 aromatic rings. The lowest BCUT2D eigenvalue weighted by Crippen LogP contribution is -2.33. The minimum absolute atomic E-state index is 0.0126. The maximum Gasteiger partial charge on any atom is 0.255 e. The van der Waals surface area contributed by atoms with E-state index in [2.05, 4.69) is 10.6 Å². The van der Waals surface area contributed by atoms with E-state index < -0.39 is 0 Å². The number of rotatable bonds is 5. The monoisotopic (exact) mass is 393 g/mol. The largest absolute Gasteiger partial charge is 0.339 e. The van der Waals surface area contributed by atoms with Crippen molar-refractivity contribution in [1.82, 2.24) is 4.90 Å². The molecule has 0 bridgehead atoms. The molecular formula is C23H27N3O3. The summed E-state index contributed by atoms with van der Waals surface area (Å²) in [7, 11) is 0. The first kappa shape index (κ1) is 20.6. The Morgan fingerprint density at radius 1 is 0.966 bits per heavy atom. The Balaban J connectivity index is 1.60. The van der Waals surface area contributed by atoms with Crippen LogP contribution in [0.3, 0.4) is 0 Å². The normalized spacial score (nSPS) is 16.2. The predicted octanol–water partition coefficient (Wildman–Crippen LogP) is 3.75. The van der Waals surface area contributed by atoms with Crippen molar-refractivity contribution in [2.24, 2.45) is 5.92 Å². The van der Waals surface area contributed by atoms with E-state index in [1.165, 1.54) is 0 Å². The molecular weight excluding hydrogens is 366 g/mol. The highest BCUT2D eigenvalue weighted by Gasteiger charge is 2.35. The van der Waals surface area contributed by atoms with Gasteiger partial charge in [-0.2, -0.15) is 0 Å². The zero-order valence-corrected chi connectivity index (χ0v) is 17.3. The fraction of sp³-hybridized carbons (Fsp3) is 0.348. The van der Waals surface area contributed by atoms with Gasteiger partial charge in [-0.3, -0.25) is 14.4 Å². The third-order valence-electron chi connectivity index (χ3n) is 5.05. The molecule has 0 aliphatic carbocycles. The van der Waals surface area contributed by atoms with Crippen molar-refractivity contribution in [3.05, 3.63) is 59.2 Å². The molecule has 0 aromatic heterocycles. The zero-order valence-electron chi connectivity index (χ0n) is 17.3. The minimum atomic E-state index is -0.350. The van der Waals surface area contributed by atoms with Crippen LogP contribution < -0.4 is 10.6 Å². The molecule has 0 spiro atoms. The molecule has 29 heavy (non-hydrogen) atoms. The molecule has 1 fully saturated rings. The smallest absolute Gasteiger partial charge is 0.255 e. The lowest BCUT2D eigenvalue weighted by Gasteiger charge is -2.20. The van der Waals surface area contributed by atoms with Crippen molar-refractivity contribution in [3.63, 3.8) is 0 Å². The number of hydrogen-bond acceptors (Lipinski definition) is 3. The maximum absolute atomic E-state index is 12.5. The van der Waals surface area contributed by atoms with E-state index in [1.54, 1.807) is 29.2 Å². The molecule has 1 saturated heterocycles. The van der Waals surface area contributed by atoms with Crippen LogP contribution in [-0.2, 0) is 9.59 Å². The number of carbonyl (C=O) groups excluding carboxylic acids is 3. The fourth-order valence-electron chi connectivity index (χ4n) is 3.61. The molecule has 6 nitrogen and oxygen atoms in total. The summed E-state index contributed by atoms with van der Waals surface area (Å²) in [5.74, 6) is -0.716. The Morgan fingerprint density at radius 3 is 2.14 bits per heavy atom. The first-order valence-electron chi connectivity index (χ1n) is 9.83. The van der Waals surface area contributed by atoms with Crippen LogP contribution in [0.4, 0.5) is 11.4 Å². The van der Waals surface area contributed by atoms with Gasteiger partial charge in [-0.1, -0.05) is 6.07 Å². The van der Waals surface area contributed by atoms with Crippen LogP contribution >= 0.6 is 0 Å². The summed E-state index contributed by atoms with van der Waals surface area (Å²) in [5, 5.41) is 5.74. The van der Waals surface area contributed by atoms with Crippen molar-refractivity contribution in [1.29, 1.82) is 0 Å². The van der Waals surface area contributed by atoms with Gasteiger partial charge in [0.2, 0.25) is 11.8 Å². The summed E-state index contributed by atoms with van der Waals surface area (Å²) >= 11 is 0. The number of nitrogens with zero attached hydrogens (tertiary/aromatic N) is 1. The number of likely N-dealkylation sites (tertiary alicyclic amines) is 1. The van der Waals surface area contributed by atoms with E-state index in [0.717, 1.165) is 16.8 Å². The van der Waals surface area contributed by atoms with Crippen LogP contribution in [0.5, 0.6) is 0 Å². The van der Waals surface area contributed by atoms with E-state index >= 15 is 0 Å². The first-order valence-corrected chi connectivity index (χ1v) is 9.83. The van der Waals surface area contributed by atoms with Crippen LogP contribution in [0.15, 0.2) is 42.5 Å². The molecule has 0 saturated carbocycles. The minimum Gasteiger partial charge on any atom is -0.339 e. The van der Waals surface area contributed by atoms with Gasteiger partial charge in [0.05, 0.1) is 5.92 Å². The highest BCUT2D eigenvalue weighted by Crippen LogP contribution is 2.22. The molecule has 0 radical (unpaired) electrons. The summed E-state index contributed by atoms with van der Waals surface area (Å²) in [6.07, 6.45) is 0.237. The molecule has 3 amide bonds. The van der Waals surface area contributed by atoms with E-state index in [-0.39, 0.29) is 36.1 Å². The van der Waals surface area contributed by atoms with Crippen LogP contribution in [-0.4, -0.2) is 35.2 Å². The quantitative estimate of drug-likeness (QED) is 0.812. The number of aryl methyl sites for hydroxylation is 2. The molecule has 6 heteroatoms. The zero-order chi connectivity index (χ0) is 21.1. The van der Waals surface area contributed by atoms with Gasteiger partial charge < -0.3 is 15.5 Å². The predicted molar refractivity (Wildman–Crippen MR) is 114 cm³/mol. The van der Waals surface area contributed by atoms with E-state index in [0.29, 0.717) is 17.8 Å². The van der Waals surface area contributed by atoms with Gasteiger partial charge in [0.1, 0.15) is 0 Å². The number of carbonyl (C=O) groups is 3. The fourth-order valence-corrected chi connectivity index (χ4v) is 3.61. The van der Waals surface area contributed by atoms with Crippen LogP contribution in [0.2, 0.25) is 0 Å². The SMILES string of the molecule is Cc1cc(C)cc(NC(=O)c2ccc(NC(=O)[C@H]3CC(=O)N(C(C)C)C3)cc2)c1. The molecule has 2 aromatic carbocycles. The van der Waals surface area contributed by atoms with Crippen LogP contribution in [0, 0.1) is 19.8 Å². The average molecular weight is 393 g/mol. The van der Waals surface area contributed by atoms with Gasteiger partial charge in [-0.25, -0.2) is 0 Å². The molecule has 1 atom stereocenters. The van der Waals surface area contributed by atoms with E-state index in [9.17, 15) is 14.4 Å². The molecule has 1 aliphatic heterocycles. The van der Waals surface area contributed by atoms with Crippen molar-refractivity contribution in [2.75, 3.05) is 17.2 Å². The lowest BCUT2D eigenvalue weighted by atomic mass is 10.1. The summed E-state index contributed by atoms with van der Waals surface area (Å²) in [6, 6.07) is 12.7.